The van der Waals surface area contributed by atoms with Crippen molar-refractivity contribution in [3.63, 3.8) is 0 Å². The molecule has 14 nitrogen and oxygen atoms in total. The monoisotopic (exact) mass is 704 g/mol. The van der Waals surface area contributed by atoms with E-state index in [4.69, 9.17) is 5.73 Å². The molecule has 0 aliphatic rings. The van der Waals surface area contributed by atoms with Crippen LogP contribution in [0.4, 0.5) is 0 Å². The summed E-state index contributed by atoms with van der Waals surface area (Å²) < 4.78 is 0. The smallest absolute Gasteiger partial charge is 0.326 e. The van der Waals surface area contributed by atoms with E-state index >= 15 is 0 Å². The summed E-state index contributed by atoms with van der Waals surface area (Å²) in [5.41, 5.74) is 6.55. The second kappa shape index (κ2) is 20.5. The Labute approximate surface area is 296 Å². The Hall–Kier alpha value is -4.20. The number of hydrogen-bond donors (Lipinski definition) is 8. The van der Waals surface area contributed by atoms with Crippen LogP contribution < -0.4 is 32.3 Å². The molecule has 1 aromatic rings. The quantitative estimate of drug-likeness (QED) is 0.0989. The SMILES string of the molecule is CC[C@H](C)[C@H](NC(=O)[C@H](CC(C)C)NC(=O)[C@H](NC(=O)[C@@H](NC(=O)[C@H](N)C(C)C)C(C)C)C(C)C)C(=O)N[C@@H](Cc1ccc(O)cc1)C(=O)O. The van der Waals surface area contributed by atoms with Gasteiger partial charge in [0.1, 0.15) is 36.0 Å². The standard InChI is InChI=1S/C36H60N6O8/c1-11-22(10)30(35(48)39-26(36(49)50)17-23-12-14-24(43)15-13-23)42-31(44)25(16-18(2)3)38-33(46)28(20(6)7)41-34(47)29(21(8)9)40-32(45)27(37)19(4)5/h12-15,18-22,25-30,43H,11,16-17,37H2,1-10H3,(H,38,46)(H,39,48)(H,40,45)(H,41,47)(H,42,44)(H,49,50)/t22-,25-,26-,27+,28+,29-,30-/m0/s1. The van der Waals surface area contributed by atoms with Crippen molar-refractivity contribution >= 4 is 35.5 Å². The van der Waals surface area contributed by atoms with Crippen LogP contribution in [0.1, 0.15) is 87.6 Å². The molecule has 5 amide bonds. The largest absolute Gasteiger partial charge is 0.508 e. The molecule has 9 N–H and O–H groups in total. The Balaban J connectivity index is 3.20. The molecule has 50 heavy (non-hydrogen) atoms. The number of carboxylic acid groups (broad SMARTS) is 1. The fourth-order valence-electron chi connectivity index (χ4n) is 5.11. The van der Waals surface area contributed by atoms with Gasteiger partial charge in [-0.25, -0.2) is 4.79 Å². The second-order valence-electron chi connectivity index (χ2n) is 14.6. The molecule has 1 rings (SSSR count). The van der Waals surface area contributed by atoms with Gasteiger partial charge in [0.25, 0.3) is 0 Å². The number of nitrogens with one attached hydrogen (secondary N) is 5. The number of benzene rings is 1. The first-order valence-electron chi connectivity index (χ1n) is 17.5. The van der Waals surface area contributed by atoms with Gasteiger partial charge in [0, 0.05) is 6.42 Å². The van der Waals surface area contributed by atoms with Crippen LogP contribution in [0.5, 0.6) is 5.75 Å². The fraction of sp³-hybridized carbons (Fsp3) is 0.667. The summed E-state index contributed by atoms with van der Waals surface area (Å²) in [7, 11) is 0. The lowest BCUT2D eigenvalue weighted by Gasteiger charge is -2.31. The number of amides is 5. The summed E-state index contributed by atoms with van der Waals surface area (Å²) in [6, 6.07) is -0.414. The van der Waals surface area contributed by atoms with Crippen molar-refractivity contribution in [3.05, 3.63) is 29.8 Å². The van der Waals surface area contributed by atoms with Crippen molar-refractivity contribution in [2.75, 3.05) is 0 Å². The summed E-state index contributed by atoms with van der Waals surface area (Å²) in [6.45, 7) is 17.9. The van der Waals surface area contributed by atoms with E-state index in [1.807, 2.05) is 20.8 Å². The van der Waals surface area contributed by atoms with Gasteiger partial charge in [0.15, 0.2) is 0 Å². The lowest BCUT2D eigenvalue weighted by Crippen LogP contribution is -2.61. The molecule has 0 aromatic heterocycles. The molecule has 0 heterocycles. The van der Waals surface area contributed by atoms with E-state index in [0.717, 1.165) is 0 Å². The van der Waals surface area contributed by atoms with Crippen LogP contribution in [0, 0.1) is 29.6 Å². The van der Waals surface area contributed by atoms with Gasteiger partial charge in [-0.15, -0.1) is 0 Å². The second-order valence-corrected chi connectivity index (χ2v) is 14.6. The topological polar surface area (TPSA) is 229 Å². The van der Waals surface area contributed by atoms with Crippen molar-refractivity contribution in [1.82, 2.24) is 26.6 Å². The average molecular weight is 705 g/mol. The van der Waals surface area contributed by atoms with Gasteiger partial charge in [0.2, 0.25) is 29.5 Å². The predicted octanol–water partition coefficient (Wildman–Crippen LogP) is 1.83. The van der Waals surface area contributed by atoms with Crippen LogP contribution in [-0.2, 0) is 35.2 Å². The average Bonchev–Trinajstić information content (AvgIpc) is 3.03. The lowest BCUT2D eigenvalue weighted by atomic mass is 9.95. The molecular weight excluding hydrogens is 644 g/mol. The number of carbonyl (C=O) groups excluding carboxylic acids is 5. The molecule has 0 unspecified atom stereocenters. The maximum Gasteiger partial charge on any atom is 0.326 e. The van der Waals surface area contributed by atoms with Crippen molar-refractivity contribution in [2.45, 2.75) is 125 Å². The molecule has 14 heteroatoms. The van der Waals surface area contributed by atoms with Crippen LogP contribution in [0.3, 0.4) is 0 Å². The third-order valence-electron chi connectivity index (χ3n) is 8.64. The van der Waals surface area contributed by atoms with Gasteiger partial charge in [-0.05, 0) is 53.7 Å². The van der Waals surface area contributed by atoms with Gasteiger partial charge in [-0.3, -0.25) is 24.0 Å². The Bertz CT molecular complexity index is 1300. The zero-order valence-electron chi connectivity index (χ0n) is 31.2. The van der Waals surface area contributed by atoms with Crippen LogP contribution in [-0.4, -0.2) is 82.0 Å². The minimum Gasteiger partial charge on any atom is -0.508 e. The minimum absolute atomic E-state index is 0.0184. The molecule has 0 fully saturated rings. The number of aliphatic carboxylic acids is 1. The molecule has 0 saturated heterocycles. The molecule has 0 spiro atoms. The van der Waals surface area contributed by atoms with E-state index in [1.165, 1.54) is 12.1 Å². The molecule has 0 radical (unpaired) electrons. The maximum absolute atomic E-state index is 13.8. The normalized spacial score (nSPS) is 15.7. The molecule has 0 saturated carbocycles. The van der Waals surface area contributed by atoms with Crippen LogP contribution in [0.25, 0.3) is 0 Å². The van der Waals surface area contributed by atoms with Crippen LogP contribution in [0.15, 0.2) is 24.3 Å². The zero-order chi connectivity index (χ0) is 38.5. The van der Waals surface area contributed by atoms with E-state index in [0.29, 0.717) is 12.0 Å². The number of aromatic hydroxyl groups is 1. The number of hydrogen-bond acceptors (Lipinski definition) is 8. The third kappa shape index (κ3) is 14.0. The first-order chi connectivity index (χ1) is 23.2. The van der Waals surface area contributed by atoms with E-state index in [1.54, 1.807) is 60.6 Å². The summed E-state index contributed by atoms with van der Waals surface area (Å²) in [6.07, 6.45) is 0.636. The molecule has 0 bridgehead atoms. The van der Waals surface area contributed by atoms with E-state index in [9.17, 15) is 39.0 Å². The molecular formula is C36H60N6O8. The third-order valence-corrected chi connectivity index (χ3v) is 8.64. The van der Waals surface area contributed by atoms with E-state index in [-0.39, 0.29) is 36.3 Å². The fourth-order valence-corrected chi connectivity index (χ4v) is 5.11. The highest BCUT2D eigenvalue weighted by Crippen LogP contribution is 2.15. The van der Waals surface area contributed by atoms with E-state index in [2.05, 4.69) is 26.6 Å². The van der Waals surface area contributed by atoms with Gasteiger partial charge in [-0.2, -0.15) is 0 Å². The molecule has 7 atom stereocenters. The maximum atomic E-state index is 13.8. The summed E-state index contributed by atoms with van der Waals surface area (Å²) >= 11 is 0. The highest BCUT2D eigenvalue weighted by atomic mass is 16.4. The number of rotatable bonds is 20. The number of phenolic OH excluding ortho intramolecular Hbond substituents is 1. The first kappa shape index (κ1) is 43.8. The van der Waals surface area contributed by atoms with Crippen molar-refractivity contribution in [3.8, 4) is 5.75 Å². The van der Waals surface area contributed by atoms with Crippen LogP contribution >= 0.6 is 0 Å². The highest BCUT2D eigenvalue weighted by molar-refractivity contribution is 5.96. The summed E-state index contributed by atoms with van der Waals surface area (Å²) in [5, 5.41) is 32.9. The molecule has 0 aliphatic carbocycles. The first-order valence-corrected chi connectivity index (χ1v) is 17.5. The predicted molar refractivity (Wildman–Crippen MR) is 190 cm³/mol. The van der Waals surface area contributed by atoms with Crippen molar-refractivity contribution < 1.29 is 39.0 Å². The number of carbonyl (C=O) groups is 6. The zero-order valence-corrected chi connectivity index (χ0v) is 31.2. The Morgan fingerprint density at radius 1 is 0.620 bits per heavy atom. The van der Waals surface area contributed by atoms with Crippen molar-refractivity contribution in [2.24, 2.45) is 35.3 Å². The van der Waals surface area contributed by atoms with Crippen molar-refractivity contribution in [1.29, 1.82) is 0 Å². The Morgan fingerprint density at radius 2 is 1.06 bits per heavy atom. The van der Waals surface area contributed by atoms with Gasteiger partial charge in [0.05, 0.1) is 6.04 Å². The van der Waals surface area contributed by atoms with Crippen LogP contribution in [0.2, 0.25) is 0 Å². The highest BCUT2D eigenvalue weighted by Gasteiger charge is 2.36. The lowest BCUT2D eigenvalue weighted by molar-refractivity contribution is -0.142. The van der Waals surface area contributed by atoms with Gasteiger partial charge >= 0.3 is 5.97 Å². The minimum atomic E-state index is -1.31. The number of nitrogens with two attached hydrogens (primary N) is 1. The van der Waals surface area contributed by atoms with Gasteiger partial charge < -0.3 is 42.5 Å². The molecule has 282 valence electrons. The Kier molecular flexibility index (Phi) is 17.9. The number of carboxylic acids is 1. The Morgan fingerprint density at radius 3 is 1.50 bits per heavy atom. The van der Waals surface area contributed by atoms with E-state index < -0.39 is 83.6 Å². The number of phenols is 1. The van der Waals surface area contributed by atoms with Gasteiger partial charge in [-0.1, -0.05) is 87.8 Å². The summed E-state index contributed by atoms with van der Waals surface area (Å²) in [4.78, 5) is 79.1. The molecule has 1 aromatic carbocycles. The molecule has 0 aliphatic heterocycles. The summed E-state index contributed by atoms with van der Waals surface area (Å²) in [5.74, 6) is -5.58.